The number of carbonyl (C=O) groups is 1. The molecule has 0 saturated carbocycles. The minimum atomic E-state index is -0.985. The zero-order valence-corrected chi connectivity index (χ0v) is 11.5. The van der Waals surface area contributed by atoms with Crippen LogP contribution in [0.3, 0.4) is 0 Å². The monoisotopic (exact) mass is 285 g/mol. The fraction of sp³-hybridized carbons (Fsp3) is 0.125. The number of carboxylic acids is 1. The molecule has 0 amide bonds. The molecule has 21 heavy (non-hydrogen) atoms. The van der Waals surface area contributed by atoms with E-state index in [-0.39, 0.29) is 0 Å². The zero-order chi connectivity index (χ0) is 15.1. The Hall–Kier alpha value is -2.82. The summed E-state index contributed by atoms with van der Waals surface area (Å²) in [5, 5.41) is 8.61. The first kappa shape index (κ1) is 14.6. The molecular formula is C16H15NO4. The summed E-state index contributed by atoms with van der Waals surface area (Å²) in [4.78, 5) is 14.6. The summed E-state index contributed by atoms with van der Waals surface area (Å²) in [5.41, 5.74) is 1.60. The molecular weight excluding hydrogens is 270 g/mol. The summed E-state index contributed by atoms with van der Waals surface area (Å²) in [6.45, 7) is 0.323. The van der Waals surface area contributed by atoms with E-state index >= 15 is 0 Å². The third kappa shape index (κ3) is 4.35. The van der Waals surface area contributed by atoms with E-state index in [9.17, 15) is 4.79 Å². The highest BCUT2D eigenvalue weighted by Gasteiger charge is 2.04. The van der Waals surface area contributed by atoms with Crippen molar-refractivity contribution in [1.82, 2.24) is 4.98 Å². The van der Waals surface area contributed by atoms with Crippen LogP contribution < -0.4 is 9.47 Å². The van der Waals surface area contributed by atoms with Gasteiger partial charge in [-0.2, -0.15) is 0 Å². The van der Waals surface area contributed by atoms with Crippen molar-refractivity contribution in [3.8, 4) is 11.6 Å². The molecule has 0 fully saturated rings. The Balaban J connectivity index is 2.06. The average molecular weight is 285 g/mol. The molecule has 0 radical (unpaired) electrons. The van der Waals surface area contributed by atoms with Crippen LogP contribution in [0.25, 0.3) is 6.08 Å². The van der Waals surface area contributed by atoms with Crippen LogP contribution in [0.4, 0.5) is 0 Å². The van der Waals surface area contributed by atoms with E-state index in [4.69, 9.17) is 14.6 Å². The number of aromatic nitrogens is 1. The SMILES string of the molecule is COc1ncccc1COc1cccc(/C=C/C(=O)O)c1. The molecule has 108 valence electrons. The second kappa shape index (κ2) is 7.09. The summed E-state index contributed by atoms with van der Waals surface area (Å²) in [6, 6.07) is 10.9. The number of nitrogens with zero attached hydrogens (tertiary/aromatic N) is 1. The standard InChI is InChI=1S/C16H15NO4/c1-20-16-13(5-3-9-17-16)11-21-14-6-2-4-12(10-14)7-8-15(18)19/h2-10H,11H2,1H3,(H,18,19)/b8-7+. The van der Waals surface area contributed by atoms with E-state index in [0.29, 0.717) is 18.2 Å². The fourth-order valence-corrected chi connectivity index (χ4v) is 1.75. The highest BCUT2D eigenvalue weighted by atomic mass is 16.5. The lowest BCUT2D eigenvalue weighted by atomic mass is 10.2. The highest BCUT2D eigenvalue weighted by Crippen LogP contribution is 2.19. The maximum Gasteiger partial charge on any atom is 0.328 e. The number of hydrogen-bond acceptors (Lipinski definition) is 4. The van der Waals surface area contributed by atoms with Crippen molar-refractivity contribution >= 4 is 12.0 Å². The number of aliphatic carboxylic acids is 1. The Morgan fingerprint density at radius 3 is 2.95 bits per heavy atom. The summed E-state index contributed by atoms with van der Waals surface area (Å²) >= 11 is 0. The molecule has 0 bridgehead atoms. The van der Waals surface area contributed by atoms with Crippen LogP contribution >= 0.6 is 0 Å². The molecule has 1 N–H and O–H groups in total. The van der Waals surface area contributed by atoms with Crippen molar-refractivity contribution in [2.75, 3.05) is 7.11 Å². The van der Waals surface area contributed by atoms with E-state index in [1.807, 2.05) is 12.1 Å². The van der Waals surface area contributed by atoms with Gasteiger partial charge in [0.15, 0.2) is 0 Å². The minimum absolute atomic E-state index is 0.323. The van der Waals surface area contributed by atoms with Gasteiger partial charge in [0.05, 0.1) is 12.7 Å². The molecule has 0 aliphatic heterocycles. The maximum atomic E-state index is 10.5. The summed E-state index contributed by atoms with van der Waals surface area (Å²) < 4.78 is 10.8. The van der Waals surface area contributed by atoms with Gasteiger partial charge in [-0.05, 0) is 35.9 Å². The third-order valence-electron chi connectivity index (χ3n) is 2.71. The highest BCUT2D eigenvalue weighted by molar-refractivity contribution is 5.85. The van der Waals surface area contributed by atoms with Crippen LogP contribution in [0.1, 0.15) is 11.1 Å². The maximum absolute atomic E-state index is 10.5. The average Bonchev–Trinajstić information content (AvgIpc) is 2.51. The molecule has 1 heterocycles. The van der Waals surface area contributed by atoms with Crippen LogP contribution in [0.5, 0.6) is 11.6 Å². The van der Waals surface area contributed by atoms with Gasteiger partial charge in [-0.15, -0.1) is 0 Å². The molecule has 0 aliphatic rings. The summed E-state index contributed by atoms with van der Waals surface area (Å²) in [6.07, 6.45) is 4.25. The molecule has 0 saturated heterocycles. The Kier molecular flexibility index (Phi) is 4.93. The number of hydrogen-bond donors (Lipinski definition) is 1. The normalized spacial score (nSPS) is 10.5. The lowest BCUT2D eigenvalue weighted by Gasteiger charge is -2.09. The first-order valence-corrected chi connectivity index (χ1v) is 6.31. The second-order valence-corrected chi connectivity index (χ2v) is 4.20. The van der Waals surface area contributed by atoms with E-state index in [1.54, 1.807) is 37.6 Å². The van der Waals surface area contributed by atoms with Crippen molar-refractivity contribution in [3.63, 3.8) is 0 Å². The molecule has 2 rings (SSSR count). The van der Waals surface area contributed by atoms with E-state index in [1.165, 1.54) is 6.08 Å². The number of ether oxygens (including phenoxy) is 2. The molecule has 2 aromatic rings. The topological polar surface area (TPSA) is 68.7 Å². The first-order chi connectivity index (χ1) is 10.2. The minimum Gasteiger partial charge on any atom is -0.489 e. The van der Waals surface area contributed by atoms with Crippen molar-refractivity contribution in [2.24, 2.45) is 0 Å². The smallest absolute Gasteiger partial charge is 0.328 e. The van der Waals surface area contributed by atoms with Gasteiger partial charge in [0.25, 0.3) is 0 Å². The van der Waals surface area contributed by atoms with Gasteiger partial charge < -0.3 is 14.6 Å². The Bertz CT molecular complexity index is 652. The summed E-state index contributed by atoms with van der Waals surface area (Å²) in [5.74, 6) is 0.189. The Morgan fingerprint density at radius 2 is 2.19 bits per heavy atom. The number of methoxy groups -OCH3 is 1. The van der Waals surface area contributed by atoms with Crippen molar-refractivity contribution in [3.05, 3.63) is 59.8 Å². The van der Waals surface area contributed by atoms with Crippen LogP contribution in [0.2, 0.25) is 0 Å². The Morgan fingerprint density at radius 1 is 1.33 bits per heavy atom. The number of rotatable bonds is 6. The molecule has 0 spiro atoms. The number of benzene rings is 1. The van der Waals surface area contributed by atoms with Crippen molar-refractivity contribution < 1.29 is 19.4 Å². The molecule has 1 aromatic carbocycles. The molecule has 1 aromatic heterocycles. The lowest BCUT2D eigenvalue weighted by Crippen LogP contribution is -2.00. The van der Waals surface area contributed by atoms with Gasteiger partial charge in [-0.3, -0.25) is 0 Å². The number of carboxylic acid groups (broad SMARTS) is 1. The summed E-state index contributed by atoms with van der Waals surface area (Å²) in [7, 11) is 1.56. The van der Waals surface area contributed by atoms with Gasteiger partial charge >= 0.3 is 5.97 Å². The van der Waals surface area contributed by atoms with Gasteiger partial charge in [-0.1, -0.05) is 12.1 Å². The lowest BCUT2D eigenvalue weighted by molar-refractivity contribution is -0.131. The van der Waals surface area contributed by atoms with Crippen LogP contribution in [-0.2, 0) is 11.4 Å². The predicted molar refractivity (Wildman–Crippen MR) is 78.2 cm³/mol. The molecule has 5 heteroatoms. The van der Waals surface area contributed by atoms with E-state index in [0.717, 1.165) is 17.2 Å². The van der Waals surface area contributed by atoms with Gasteiger partial charge in [0.1, 0.15) is 12.4 Å². The zero-order valence-electron chi connectivity index (χ0n) is 11.5. The molecule has 0 atom stereocenters. The Labute approximate surface area is 122 Å². The number of pyridine rings is 1. The van der Waals surface area contributed by atoms with Crippen LogP contribution in [0.15, 0.2) is 48.7 Å². The van der Waals surface area contributed by atoms with Gasteiger partial charge in [0.2, 0.25) is 5.88 Å². The molecule has 0 unspecified atom stereocenters. The van der Waals surface area contributed by atoms with Crippen molar-refractivity contribution in [1.29, 1.82) is 0 Å². The van der Waals surface area contributed by atoms with Crippen LogP contribution in [-0.4, -0.2) is 23.2 Å². The first-order valence-electron chi connectivity index (χ1n) is 6.31. The van der Waals surface area contributed by atoms with Gasteiger partial charge in [0, 0.05) is 12.3 Å². The van der Waals surface area contributed by atoms with Crippen LogP contribution in [0, 0.1) is 0 Å². The predicted octanol–water partition coefficient (Wildman–Crippen LogP) is 2.77. The second-order valence-electron chi connectivity index (χ2n) is 4.20. The van der Waals surface area contributed by atoms with Crippen molar-refractivity contribution in [2.45, 2.75) is 6.61 Å². The van der Waals surface area contributed by atoms with E-state index in [2.05, 4.69) is 4.98 Å². The molecule has 5 nitrogen and oxygen atoms in total. The van der Waals surface area contributed by atoms with Gasteiger partial charge in [-0.25, -0.2) is 9.78 Å². The quantitative estimate of drug-likeness (QED) is 0.826. The molecule has 0 aliphatic carbocycles. The third-order valence-corrected chi connectivity index (χ3v) is 2.71. The van der Waals surface area contributed by atoms with E-state index < -0.39 is 5.97 Å². The largest absolute Gasteiger partial charge is 0.489 e. The fourth-order valence-electron chi connectivity index (χ4n) is 1.75.